The molecule has 5 nitrogen and oxygen atoms in total. The van der Waals surface area contributed by atoms with E-state index in [9.17, 15) is 4.79 Å². The molecular formula is C15H23N3O2. The second-order valence-corrected chi connectivity index (χ2v) is 5.62. The van der Waals surface area contributed by atoms with Crippen molar-refractivity contribution < 1.29 is 9.53 Å². The van der Waals surface area contributed by atoms with Crippen molar-refractivity contribution in [3.8, 4) is 0 Å². The van der Waals surface area contributed by atoms with Gasteiger partial charge in [0, 0.05) is 31.4 Å². The van der Waals surface area contributed by atoms with E-state index >= 15 is 0 Å². The first-order valence-electron chi connectivity index (χ1n) is 7.02. The summed E-state index contributed by atoms with van der Waals surface area (Å²) in [6.07, 6.45) is 4.67. The number of hydrogen-bond acceptors (Lipinski definition) is 5. The summed E-state index contributed by atoms with van der Waals surface area (Å²) in [5.74, 6) is -0.0445. The number of nitrogens with zero attached hydrogens (tertiary/aromatic N) is 2. The molecular weight excluding hydrogens is 254 g/mol. The third-order valence-electron chi connectivity index (χ3n) is 3.88. The van der Waals surface area contributed by atoms with Gasteiger partial charge in [-0.05, 0) is 37.9 Å². The minimum atomic E-state index is -0.867. The van der Waals surface area contributed by atoms with Crippen LogP contribution in [0.15, 0.2) is 24.4 Å². The van der Waals surface area contributed by atoms with Gasteiger partial charge in [-0.1, -0.05) is 6.07 Å². The average Bonchev–Trinajstić information content (AvgIpc) is 3.30. The third kappa shape index (κ3) is 3.55. The van der Waals surface area contributed by atoms with Crippen molar-refractivity contribution in [1.29, 1.82) is 0 Å². The number of esters is 1. The van der Waals surface area contributed by atoms with Gasteiger partial charge >= 0.3 is 5.97 Å². The number of methoxy groups -OCH3 is 1. The average molecular weight is 277 g/mol. The molecule has 2 N–H and O–H groups in total. The van der Waals surface area contributed by atoms with Crippen LogP contribution in [-0.2, 0) is 16.0 Å². The Morgan fingerprint density at radius 1 is 1.55 bits per heavy atom. The van der Waals surface area contributed by atoms with Crippen molar-refractivity contribution in [2.75, 3.05) is 27.2 Å². The second kappa shape index (κ2) is 6.33. The molecule has 1 aliphatic carbocycles. The van der Waals surface area contributed by atoms with E-state index in [-0.39, 0.29) is 11.9 Å². The first-order valence-corrected chi connectivity index (χ1v) is 7.02. The largest absolute Gasteiger partial charge is 0.468 e. The van der Waals surface area contributed by atoms with Gasteiger partial charge in [0.25, 0.3) is 0 Å². The number of aromatic nitrogens is 1. The summed E-state index contributed by atoms with van der Waals surface area (Å²) >= 11 is 0. The molecule has 110 valence electrons. The van der Waals surface area contributed by atoms with E-state index < -0.39 is 5.54 Å². The van der Waals surface area contributed by atoms with Crippen LogP contribution in [0.25, 0.3) is 0 Å². The first kappa shape index (κ1) is 14.9. The lowest BCUT2D eigenvalue weighted by molar-refractivity contribution is -0.148. The topological polar surface area (TPSA) is 68.5 Å². The summed E-state index contributed by atoms with van der Waals surface area (Å²) in [7, 11) is 3.39. The lowest BCUT2D eigenvalue weighted by Crippen LogP contribution is -2.58. The second-order valence-electron chi connectivity index (χ2n) is 5.62. The molecule has 1 aromatic rings. The van der Waals surface area contributed by atoms with E-state index in [0.29, 0.717) is 6.54 Å². The Balaban J connectivity index is 1.89. The SMILES string of the molecule is COC(=O)C(N)(CN(C)CCc1ccccn1)C1CC1. The molecule has 1 saturated carbocycles. The molecule has 1 fully saturated rings. The third-order valence-corrected chi connectivity index (χ3v) is 3.88. The summed E-state index contributed by atoms with van der Waals surface area (Å²) in [5, 5.41) is 0. The summed E-state index contributed by atoms with van der Waals surface area (Å²) < 4.78 is 4.88. The highest BCUT2D eigenvalue weighted by Gasteiger charge is 2.49. The zero-order valence-electron chi connectivity index (χ0n) is 12.2. The zero-order chi connectivity index (χ0) is 14.6. The molecule has 1 aromatic heterocycles. The molecule has 0 amide bonds. The molecule has 0 saturated heterocycles. The maximum absolute atomic E-state index is 11.9. The van der Waals surface area contributed by atoms with Gasteiger partial charge in [-0.15, -0.1) is 0 Å². The molecule has 2 rings (SSSR count). The van der Waals surface area contributed by atoms with Gasteiger partial charge < -0.3 is 15.4 Å². The maximum Gasteiger partial charge on any atom is 0.327 e. The van der Waals surface area contributed by atoms with Gasteiger partial charge in [0.05, 0.1) is 7.11 Å². The van der Waals surface area contributed by atoms with Crippen LogP contribution < -0.4 is 5.73 Å². The van der Waals surface area contributed by atoms with Crippen LogP contribution in [0, 0.1) is 5.92 Å². The van der Waals surface area contributed by atoms with Crippen LogP contribution in [0.5, 0.6) is 0 Å². The van der Waals surface area contributed by atoms with Crippen LogP contribution in [0.2, 0.25) is 0 Å². The predicted molar refractivity (Wildman–Crippen MR) is 77.1 cm³/mol. The molecule has 1 atom stereocenters. The number of hydrogen-bond donors (Lipinski definition) is 1. The Morgan fingerprint density at radius 3 is 2.85 bits per heavy atom. The van der Waals surface area contributed by atoms with Gasteiger partial charge in [-0.3, -0.25) is 9.78 Å². The van der Waals surface area contributed by atoms with Crippen LogP contribution >= 0.6 is 0 Å². The normalized spacial score (nSPS) is 17.8. The van der Waals surface area contributed by atoms with Crippen LogP contribution in [0.4, 0.5) is 0 Å². The summed E-state index contributed by atoms with van der Waals surface area (Å²) in [4.78, 5) is 18.3. The molecule has 0 aliphatic heterocycles. The molecule has 0 bridgehead atoms. The molecule has 0 radical (unpaired) electrons. The Hall–Kier alpha value is -1.46. The van der Waals surface area contributed by atoms with Crippen molar-refractivity contribution in [3.63, 3.8) is 0 Å². The first-order chi connectivity index (χ1) is 9.56. The fraction of sp³-hybridized carbons (Fsp3) is 0.600. The predicted octanol–water partition coefficient (Wildman–Crippen LogP) is 0.836. The van der Waals surface area contributed by atoms with Crippen molar-refractivity contribution in [1.82, 2.24) is 9.88 Å². The number of nitrogens with two attached hydrogens (primary N) is 1. The van der Waals surface area contributed by atoms with Gasteiger partial charge in [-0.2, -0.15) is 0 Å². The Bertz CT molecular complexity index is 448. The Morgan fingerprint density at radius 2 is 2.30 bits per heavy atom. The van der Waals surface area contributed by atoms with Gasteiger partial charge in [0.1, 0.15) is 5.54 Å². The van der Waals surface area contributed by atoms with Crippen LogP contribution in [0.1, 0.15) is 18.5 Å². The highest BCUT2D eigenvalue weighted by Crippen LogP contribution is 2.39. The van der Waals surface area contributed by atoms with E-state index in [1.807, 2.05) is 25.2 Å². The van der Waals surface area contributed by atoms with Crippen molar-refractivity contribution >= 4 is 5.97 Å². The van der Waals surface area contributed by atoms with E-state index in [0.717, 1.165) is 31.5 Å². The summed E-state index contributed by atoms with van der Waals surface area (Å²) in [6, 6.07) is 5.89. The van der Waals surface area contributed by atoms with Gasteiger partial charge in [0.2, 0.25) is 0 Å². The van der Waals surface area contributed by atoms with E-state index in [4.69, 9.17) is 10.5 Å². The number of rotatable bonds is 7. The lowest BCUT2D eigenvalue weighted by atomic mass is 9.94. The smallest absolute Gasteiger partial charge is 0.327 e. The standard InChI is InChI=1S/C15H23N3O2/c1-18(10-8-13-5-3-4-9-17-13)11-15(16,12-6-7-12)14(19)20-2/h3-5,9,12H,6-8,10-11,16H2,1-2H3. The van der Waals surface area contributed by atoms with Gasteiger partial charge in [0.15, 0.2) is 0 Å². The lowest BCUT2D eigenvalue weighted by Gasteiger charge is -2.31. The summed E-state index contributed by atoms with van der Waals surface area (Å²) in [6.45, 7) is 1.34. The highest BCUT2D eigenvalue weighted by molar-refractivity contribution is 5.81. The maximum atomic E-state index is 11.9. The fourth-order valence-electron chi connectivity index (χ4n) is 2.53. The monoisotopic (exact) mass is 277 g/mol. The molecule has 20 heavy (non-hydrogen) atoms. The minimum Gasteiger partial charge on any atom is -0.468 e. The van der Waals surface area contributed by atoms with E-state index in [1.165, 1.54) is 7.11 Å². The van der Waals surface area contributed by atoms with Crippen LogP contribution in [0.3, 0.4) is 0 Å². The molecule has 1 aliphatic rings. The molecule has 1 unspecified atom stereocenters. The van der Waals surface area contributed by atoms with E-state index in [2.05, 4.69) is 9.88 Å². The van der Waals surface area contributed by atoms with Crippen molar-refractivity contribution in [2.24, 2.45) is 11.7 Å². The number of carbonyl (C=O) groups is 1. The molecule has 0 spiro atoms. The zero-order valence-corrected chi connectivity index (χ0v) is 12.2. The van der Waals surface area contributed by atoms with Crippen molar-refractivity contribution in [3.05, 3.63) is 30.1 Å². The van der Waals surface area contributed by atoms with Crippen molar-refractivity contribution in [2.45, 2.75) is 24.8 Å². The number of carbonyl (C=O) groups excluding carboxylic acids is 1. The molecule has 0 aromatic carbocycles. The van der Waals surface area contributed by atoms with E-state index in [1.54, 1.807) is 6.20 Å². The molecule has 1 heterocycles. The minimum absolute atomic E-state index is 0.257. The molecule has 5 heteroatoms. The Kier molecular flexibility index (Phi) is 4.73. The quantitative estimate of drug-likeness (QED) is 0.748. The number of ether oxygens (including phenoxy) is 1. The number of pyridine rings is 1. The Labute approximate surface area is 120 Å². The highest BCUT2D eigenvalue weighted by atomic mass is 16.5. The number of likely N-dealkylation sites (N-methyl/N-ethyl adjacent to an activating group) is 1. The summed E-state index contributed by atoms with van der Waals surface area (Å²) in [5.41, 5.74) is 6.48. The fourth-order valence-corrected chi connectivity index (χ4v) is 2.53. The van der Waals surface area contributed by atoms with Crippen LogP contribution in [-0.4, -0.2) is 48.6 Å². The van der Waals surface area contributed by atoms with Gasteiger partial charge in [-0.25, -0.2) is 0 Å².